The summed E-state index contributed by atoms with van der Waals surface area (Å²) in [7, 11) is 0. The molecule has 0 saturated heterocycles. The molecule has 4 heteroatoms. The first-order valence-corrected chi connectivity index (χ1v) is 6.47. The van der Waals surface area contributed by atoms with Crippen molar-refractivity contribution in [2.24, 2.45) is 0 Å². The monoisotopic (exact) mass is 257 g/mol. The molecule has 0 fully saturated rings. The maximum atomic E-state index is 8.98. The minimum absolute atomic E-state index is 0.0994. The lowest BCUT2D eigenvalue weighted by Gasteiger charge is -2.12. The van der Waals surface area contributed by atoms with Crippen molar-refractivity contribution in [2.75, 3.05) is 6.54 Å². The predicted octanol–water partition coefficient (Wildman–Crippen LogP) is 1.86. The van der Waals surface area contributed by atoms with E-state index in [9.17, 15) is 0 Å². The molecule has 0 aliphatic rings. The number of benzene rings is 1. The highest BCUT2D eigenvalue weighted by Gasteiger charge is 2.05. The van der Waals surface area contributed by atoms with E-state index in [4.69, 9.17) is 5.11 Å². The smallest absolute Gasteiger partial charge is 0.0753 e. The molecule has 0 bridgehead atoms. The number of hydrogen-bond donors (Lipinski definition) is 2. The summed E-state index contributed by atoms with van der Waals surface area (Å²) < 4.78 is 0. The van der Waals surface area contributed by atoms with Crippen molar-refractivity contribution in [1.29, 1.82) is 0 Å². The maximum absolute atomic E-state index is 8.98. The molecule has 2 rings (SSSR count). The van der Waals surface area contributed by atoms with E-state index in [-0.39, 0.29) is 12.6 Å². The average Bonchev–Trinajstić information content (AvgIpc) is 2.49. The molecule has 0 radical (unpaired) electrons. The zero-order valence-corrected chi connectivity index (χ0v) is 11.1. The number of rotatable bonds is 6. The van der Waals surface area contributed by atoms with Gasteiger partial charge in [-0.05, 0) is 31.0 Å². The molecule has 100 valence electrons. The Morgan fingerprint density at radius 2 is 1.89 bits per heavy atom. The van der Waals surface area contributed by atoms with Crippen molar-refractivity contribution in [3.05, 3.63) is 59.7 Å². The largest absolute Gasteiger partial charge is 0.392 e. The number of aromatic nitrogens is 2. The minimum Gasteiger partial charge on any atom is -0.392 e. The minimum atomic E-state index is 0.0994. The van der Waals surface area contributed by atoms with E-state index in [1.165, 1.54) is 5.56 Å². The van der Waals surface area contributed by atoms with Crippen LogP contribution in [-0.2, 0) is 13.0 Å². The van der Waals surface area contributed by atoms with Gasteiger partial charge in [-0.2, -0.15) is 0 Å². The molecule has 2 aromatic rings. The average molecular weight is 257 g/mol. The molecule has 0 saturated carbocycles. The van der Waals surface area contributed by atoms with E-state index < -0.39 is 0 Å². The molecule has 1 aromatic carbocycles. The summed E-state index contributed by atoms with van der Waals surface area (Å²) in [5.41, 5.74) is 3.17. The number of nitrogens with zero attached hydrogens (tertiary/aromatic N) is 2. The molecular formula is C15H19N3O. The van der Waals surface area contributed by atoms with E-state index >= 15 is 0 Å². The fourth-order valence-electron chi connectivity index (χ4n) is 1.88. The van der Waals surface area contributed by atoms with Gasteiger partial charge in [-0.25, -0.2) is 0 Å². The molecule has 0 aliphatic heterocycles. The van der Waals surface area contributed by atoms with Crippen molar-refractivity contribution < 1.29 is 5.11 Å². The number of nitrogens with one attached hydrogen (secondary N) is 1. The third-order valence-corrected chi connectivity index (χ3v) is 3.10. The van der Waals surface area contributed by atoms with Gasteiger partial charge in [-0.1, -0.05) is 24.3 Å². The van der Waals surface area contributed by atoms with Gasteiger partial charge in [0.1, 0.15) is 0 Å². The summed E-state index contributed by atoms with van der Waals surface area (Å²) in [5, 5.41) is 12.4. The zero-order chi connectivity index (χ0) is 13.5. The summed E-state index contributed by atoms with van der Waals surface area (Å²) in [6.07, 6.45) is 6.13. The number of hydrogen-bond acceptors (Lipinski definition) is 4. The van der Waals surface area contributed by atoms with E-state index in [0.717, 1.165) is 24.2 Å². The van der Waals surface area contributed by atoms with Crippen LogP contribution in [0.2, 0.25) is 0 Å². The van der Waals surface area contributed by atoms with E-state index in [1.54, 1.807) is 18.6 Å². The van der Waals surface area contributed by atoms with Crippen LogP contribution in [0.15, 0.2) is 42.9 Å². The Morgan fingerprint density at radius 3 is 2.53 bits per heavy atom. The predicted molar refractivity (Wildman–Crippen MR) is 74.5 cm³/mol. The SMILES string of the molecule is CC(NCCc1ccc(CO)cc1)c1cnccn1. The molecule has 4 nitrogen and oxygen atoms in total. The van der Waals surface area contributed by atoms with Gasteiger partial charge in [0.05, 0.1) is 12.3 Å². The molecule has 0 amide bonds. The van der Waals surface area contributed by atoms with Crippen LogP contribution < -0.4 is 5.32 Å². The Hall–Kier alpha value is -1.78. The van der Waals surface area contributed by atoms with Crippen molar-refractivity contribution in [1.82, 2.24) is 15.3 Å². The molecule has 1 unspecified atom stereocenters. The van der Waals surface area contributed by atoms with E-state index in [0.29, 0.717) is 0 Å². The van der Waals surface area contributed by atoms with Crippen molar-refractivity contribution in [3.63, 3.8) is 0 Å². The molecular weight excluding hydrogens is 238 g/mol. The van der Waals surface area contributed by atoms with Crippen LogP contribution in [0.5, 0.6) is 0 Å². The molecule has 19 heavy (non-hydrogen) atoms. The van der Waals surface area contributed by atoms with Crippen LogP contribution in [0, 0.1) is 0 Å². The van der Waals surface area contributed by atoms with Crippen LogP contribution in [-0.4, -0.2) is 21.6 Å². The Morgan fingerprint density at radius 1 is 1.16 bits per heavy atom. The highest BCUT2D eigenvalue weighted by molar-refractivity contribution is 5.22. The Bertz CT molecular complexity index is 485. The second-order valence-electron chi connectivity index (χ2n) is 4.53. The first kappa shape index (κ1) is 13.6. The molecule has 0 aliphatic carbocycles. The fraction of sp³-hybridized carbons (Fsp3) is 0.333. The van der Waals surface area contributed by atoms with Crippen LogP contribution in [0.1, 0.15) is 29.8 Å². The zero-order valence-electron chi connectivity index (χ0n) is 11.1. The summed E-state index contributed by atoms with van der Waals surface area (Å²) in [6.45, 7) is 3.07. The third-order valence-electron chi connectivity index (χ3n) is 3.10. The number of aliphatic hydroxyl groups excluding tert-OH is 1. The van der Waals surface area contributed by atoms with E-state index in [1.807, 2.05) is 12.1 Å². The van der Waals surface area contributed by atoms with Gasteiger partial charge >= 0.3 is 0 Å². The second-order valence-corrected chi connectivity index (χ2v) is 4.53. The molecule has 1 aromatic heterocycles. The molecule has 1 atom stereocenters. The second kappa shape index (κ2) is 6.97. The van der Waals surface area contributed by atoms with Crippen molar-refractivity contribution in [3.8, 4) is 0 Å². The van der Waals surface area contributed by atoms with Gasteiger partial charge in [-0.3, -0.25) is 9.97 Å². The van der Waals surface area contributed by atoms with Crippen LogP contribution in [0.3, 0.4) is 0 Å². The van der Waals surface area contributed by atoms with E-state index in [2.05, 4.69) is 34.3 Å². The number of aliphatic hydroxyl groups is 1. The van der Waals surface area contributed by atoms with Gasteiger partial charge in [-0.15, -0.1) is 0 Å². The van der Waals surface area contributed by atoms with Gasteiger partial charge in [0.25, 0.3) is 0 Å². The normalized spacial score (nSPS) is 12.3. The molecule has 1 heterocycles. The van der Waals surface area contributed by atoms with Crippen molar-refractivity contribution in [2.45, 2.75) is 26.0 Å². The Balaban J connectivity index is 1.79. The van der Waals surface area contributed by atoms with Crippen LogP contribution in [0.25, 0.3) is 0 Å². The molecule has 2 N–H and O–H groups in total. The first-order chi connectivity index (χ1) is 9.29. The third kappa shape index (κ3) is 4.12. The quantitative estimate of drug-likeness (QED) is 0.829. The fourth-order valence-corrected chi connectivity index (χ4v) is 1.88. The lowest BCUT2D eigenvalue weighted by molar-refractivity contribution is 0.282. The highest BCUT2D eigenvalue weighted by atomic mass is 16.3. The molecule has 0 spiro atoms. The Labute approximate surface area is 113 Å². The lowest BCUT2D eigenvalue weighted by Crippen LogP contribution is -2.22. The van der Waals surface area contributed by atoms with Crippen LogP contribution in [0.4, 0.5) is 0 Å². The van der Waals surface area contributed by atoms with Crippen molar-refractivity contribution >= 4 is 0 Å². The maximum Gasteiger partial charge on any atom is 0.0753 e. The highest BCUT2D eigenvalue weighted by Crippen LogP contribution is 2.08. The van der Waals surface area contributed by atoms with Gasteiger partial charge < -0.3 is 10.4 Å². The summed E-state index contributed by atoms with van der Waals surface area (Å²) in [6, 6.07) is 8.23. The summed E-state index contributed by atoms with van der Waals surface area (Å²) >= 11 is 0. The standard InChI is InChI=1S/C15H19N3O/c1-12(15-10-16-8-9-18-15)17-7-6-13-2-4-14(11-19)5-3-13/h2-5,8-10,12,17,19H,6-7,11H2,1H3. The van der Waals surface area contributed by atoms with Crippen LogP contribution >= 0.6 is 0 Å². The summed E-state index contributed by atoms with van der Waals surface area (Å²) in [4.78, 5) is 8.34. The summed E-state index contributed by atoms with van der Waals surface area (Å²) in [5.74, 6) is 0. The lowest BCUT2D eigenvalue weighted by atomic mass is 10.1. The topological polar surface area (TPSA) is 58.0 Å². The Kier molecular flexibility index (Phi) is 5.01. The van der Waals surface area contributed by atoms with Gasteiger partial charge in [0.15, 0.2) is 0 Å². The van der Waals surface area contributed by atoms with Gasteiger partial charge in [0, 0.05) is 24.6 Å². The van der Waals surface area contributed by atoms with Gasteiger partial charge in [0.2, 0.25) is 0 Å². The first-order valence-electron chi connectivity index (χ1n) is 6.47.